The molecular formula is C16H19BrN2O2. The minimum Gasteiger partial charge on any atom is -0.497 e. The van der Waals surface area contributed by atoms with Gasteiger partial charge in [-0.05, 0) is 52.8 Å². The van der Waals surface area contributed by atoms with Crippen LogP contribution in [-0.2, 0) is 6.42 Å². The largest absolute Gasteiger partial charge is 0.497 e. The van der Waals surface area contributed by atoms with E-state index in [1.165, 1.54) is 0 Å². The Morgan fingerprint density at radius 3 is 2.29 bits per heavy atom. The Kier molecular flexibility index (Phi) is 5.59. The summed E-state index contributed by atoms with van der Waals surface area (Å²) in [6.07, 6.45) is 2.61. The number of methoxy groups -OCH3 is 2. The lowest BCUT2D eigenvalue weighted by Crippen LogP contribution is -2.19. The molecule has 5 heteroatoms. The van der Waals surface area contributed by atoms with Crippen molar-refractivity contribution in [2.45, 2.75) is 12.5 Å². The smallest absolute Gasteiger partial charge is 0.122 e. The number of pyridine rings is 1. The molecule has 0 radical (unpaired) electrons. The summed E-state index contributed by atoms with van der Waals surface area (Å²) in [4.78, 5) is 4.43. The van der Waals surface area contributed by atoms with E-state index >= 15 is 0 Å². The van der Waals surface area contributed by atoms with Crippen molar-refractivity contribution in [1.82, 2.24) is 10.3 Å². The number of nitrogens with one attached hydrogen (secondary N) is 1. The summed E-state index contributed by atoms with van der Waals surface area (Å²) < 4.78 is 11.6. The topological polar surface area (TPSA) is 43.4 Å². The molecule has 1 aromatic carbocycles. The van der Waals surface area contributed by atoms with Crippen LogP contribution in [-0.4, -0.2) is 26.3 Å². The van der Waals surface area contributed by atoms with Gasteiger partial charge >= 0.3 is 0 Å². The molecule has 4 nitrogen and oxygen atoms in total. The molecule has 112 valence electrons. The average molecular weight is 351 g/mol. The van der Waals surface area contributed by atoms with Crippen LogP contribution in [0, 0.1) is 0 Å². The molecule has 1 N–H and O–H groups in total. The first-order valence-corrected chi connectivity index (χ1v) is 7.46. The van der Waals surface area contributed by atoms with Crippen LogP contribution in [0.25, 0.3) is 0 Å². The quantitative estimate of drug-likeness (QED) is 0.867. The van der Waals surface area contributed by atoms with Crippen molar-refractivity contribution in [3.8, 4) is 11.5 Å². The third-order valence-corrected chi connectivity index (χ3v) is 3.80. The molecule has 0 aliphatic carbocycles. The number of hydrogen-bond donors (Lipinski definition) is 1. The predicted molar refractivity (Wildman–Crippen MR) is 87.0 cm³/mol. The van der Waals surface area contributed by atoms with Gasteiger partial charge in [0.15, 0.2) is 0 Å². The second-order valence-corrected chi connectivity index (χ2v) is 5.57. The lowest BCUT2D eigenvalue weighted by molar-refractivity contribution is 0.391. The van der Waals surface area contributed by atoms with Gasteiger partial charge in [-0.2, -0.15) is 0 Å². The number of halogens is 1. The Bertz CT molecular complexity index is 565. The van der Waals surface area contributed by atoms with Gasteiger partial charge in [-0.15, -0.1) is 0 Å². The molecular weight excluding hydrogens is 332 g/mol. The molecule has 0 aliphatic heterocycles. The van der Waals surface area contributed by atoms with Crippen LogP contribution < -0.4 is 14.8 Å². The van der Waals surface area contributed by atoms with E-state index in [1.54, 1.807) is 14.2 Å². The summed E-state index contributed by atoms with van der Waals surface area (Å²) in [7, 11) is 5.25. The van der Waals surface area contributed by atoms with Gasteiger partial charge in [-0.1, -0.05) is 0 Å². The van der Waals surface area contributed by atoms with E-state index in [0.717, 1.165) is 33.6 Å². The van der Waals surface area contributed by atoms with Crippen LogP contribution in [0.15, 0.2) is 41.0 Å². The van der Waals surface area contributed by atoms with Crippen molar-refractivity contribution in [3.05, 3.63) is 52.3 Å². The molecule has 0 saturated heterocycles. The van der Waals surface area contributed by atoms with Crippen LogP contribution in [0.4, 0.5) is 0 Å². The number of hydrogen-bond acceptors (Lipinski definition) is 4. The molecule has 2 aromatic rings. The molecule has 0 amide bonds. The van der Waals surface area contributed by atoms with Gasteiger partial charge in [-0.25, -0.2) is 0 Å². The van der Waals surface area contributed by atoms with Gasteiger partial charge < -0.3 is 14.8 Å². The van der Waals surface area contributed by atoms with Crippen molar-refractivity contribution in [2.24, 2.45) is 0 Å². The van der Waals surface area contributed by atoms with Crippen molar-refractivity contribution in [3.63, 3.8) is 0 Å². The fraction of sp³-hybridized carbons (Fsp3) is 0.312. The van der Waals surface area contributed by atoms with Crippen LogP contribution in [0.5, 0.6) is 11.5 Å². The van der Waals surface area contributed by atoms with E-state index in [0.29, 0.717) is 0 Å². The second-order valence-electron chi connectivity index (χ2n) is 4.66. The summed E-state index contributed by atoms with van der Waals surface area (Å²) in [6.45, 7) is 0. The molecule has 1 heterocycles. The van der Waals surface area contributed by atoms with Gasteiger partial charge in [0, 0.05) is 34.9 Å². The SMILES string of the molecule is CNC(Cc1ccc(Br)cn1)c1cc(OC)cc(OC)c1. The number of rotatable bonds is 6. The Labute approximate surface area is 133 Å². The monoisotopic (exact) mass is 350 g/mol. The minimum atomic E-state index is 0.141. The van der Waals surface area contributed by atoms with Crippen LogP contribution in [0.1, 0.15) is 17.3 Å². The highest BCUT2D eigenvalue weighted by Crippen LogP contribution is 2.28. The first-order valence-electron chi connectivity index (χ1n) is 6.67. The number of benzene rings is 1. The number of ether oxygens (including phenoxy) is 2. The zero-order chi connectivity index (χ0) is 15.2. The zero-order valence-corrected chi connectivity index (χ0v) is 14.0. The number of likely N-dealkylation sites (N-methyl/N-ethyl adjacent to an activating group) is 1. The van der Waals surface area contributed by atoms with E-state index in [-0.39, 0.29) is 6.04 Å². The van der Waals surface area contributed by atoms with Gasteiger partial charge in [-0.3, -0.25) is 4.98 Å². The summed E-state index contributed by atoms with van der Waals surface area (Å²) in [5, 5.41) is 3.32. The fourth-order valence-corrected chi connectivity index (χ4v) is 2.39. The summed E-state index contributed by atoms with van der Waals surface area (Å²) in [5.41, 5.74) is 2.14. The molecule has 0 bridgehead atoms. The van der Waals surface area contributed by atoms with E-state index in [1.807, 2.05) is 43.6 Å². The number of aromatic nitrogens is 1. The van der Waals surface area contributed by atoms with Crippen molar-refractivity contribution in [1.29, 1.82) is 0 Å². The van der Waals surface area contributed by atoms with E-state index in [2.05, 4.69) is 26.2 Å². The molecule has 1 unspecified atom stereocenters. The molecule has 1 atom stereocenters. The Morgan fingerprint density at radius 2 is 1.81 bits per heavy atom. The third-order valence-electron chi connectivity index (χ3n) is 3.33. The summed E-state index contributed by atoms with van der Waals surface area (Å²) in [5.74, 6) is 1.57. The minimum absolute atomic E-state index is 0.141. The molecule has 2 rings (SSSR count). The first-order chi connectivity index (χ1) is 10.2. The van der Waals surface area contributed by atoms with E-state index < -0.39 is 0 Å². The van der Waals surface area contributed by atoms with Gasteiger partial charge in [0.2, 0.25) is 0 Å². The predicted octanol–water partition coefficient (Wildman–Crippen LogP) is 3.36. The number of nitrogens with zero attached hydrogens (tertiary/aromatic N) is 1. The second kappa shape index (κ2) is 7.43. The van der Waals surface area contributed by atoms with Crippen molar-refractivity contribution in [2.75, 3.05) is 21.3 Å². The molecule has 21 heavy (non-hydrogen) atoms. The molecule has 0 fully saturated rings. The van der Waals surface area contributed by atoms with Crippen LogP contribution >= 0.6 is 15.9 Å². The third kappa shape index (κ3) is 4.19. The maximum atomic E-state index is 5.33. The molecule has 0 saturated carbocycles. The van der Waals surface area contributed by atoms with E-state index in [4.69, 9.17) is 9.47 Å². The zero-order valence-electron chi connectivity index (χ0n) is 12.4. The fourth-order valence-electron chi connectivity index (χ4n) is 2.15. The average Bonchev–Trinajstić information content (AvgIpc) is 2.53. The van der Waals surface area contributed by atoms with Gasteiger partial charge in [0.1, 0.15) is 11.5 Å². The van der Waals surface area contributed by atoms with Crippen molar-refractivity contribution >= 4 is 15.9 Å². The van der Waals surface area contributed by atoms with E-state index in [9.17, 15) is 0 Å². The first kappa shape index (κ1) is 15.8. The molecule has 0 spiro atoms. The standard InChI is InChI=1S/C16H19BrN2O2/c1-18-16(8-13-5-4-12(17)10-19-13)11-6-14(20-2)9-15(7-11)21-3/h4-7,9-10,16,18H,8H2,1-3H3. The highest BCUT2D eigenvalue weighted by molar-refractivity contribution is 9.10. The van der Waals surface area contributed by atoms with Gasteiger partial charge in [0.05, 0.1) is 14.2 Å². The van der Waals surface area contributed by atoms with Crippen LogP contribution in [0.3, 0.4) is 0 Å². The molecule has 0 aliphatic rings. The lowest BCUT2D eigenvalue weighted by Gasteiger charge is -2.18. The Balaban J connectivity index is 2.25. The normalized spacial score (nSPS) is 12.0. The Hall–Kier alpha value is -1.59. The van der Waals surface area contributed by atoms with Crippen molar-refractivity contribution < 1.29 is 9.47 Å². The summed E-state index contributed by atoms with van der Waals surface area (Å²) in [6, 6.07) is 10.1. The van der Waals surface area contributed by atoms with Crippen LogP contribution in [0.2, 0.25) is 0 Å². The summed E-state index contributed by atoms with van der Waals surface area (Å²) >= 11 is 3.40. The highest BCUT2D eigenvalue weighted by Gasteiger charge is 2.13. The lowest BCUT2D eigenvalue weighted by atomic mass is 10.0. The highest BCUT2D eigenvalue weighted by atomic mass is 79.9. The Morgan fingerprint density at radius 1 is 1.14 bits per heavy atom. The van der Waals surface area contributed by atoms with Gasteiger partial charge in [0.25, 0.3) is 0 Å². The maximum absolute atomic E-state index is 5.33. The maximum Gasteiger partial charge on any atom is 0.122 e. The molecule has 1 aromatic heterocycles.